The van der Waals surface area contributed by atoms with Crippen molar-refractivity contribution in [2.75, 3.05) is 18.2 Å². The van der Waals surface area contributed by atoms with Gasteiger partial charge in [-0.05, 0) is 12.8 Å². The van der Waals surface area contributed by atoms with Gasteiger partial charge in [-0.25, -0.2) is 4.98 Å². The van der Waals surface area contributed by atoms with Gasteiger partial charge < -0.3 is 10.5 Å². The smallest absolute Gasteiger partial charge is 0.280 e. The normalized spacial score (nSPS) is 10.7. The lowest BCUT2D eigenvalue weighted by molar-refractivity contribution is 0.102. The summed E-state index contributed by atoms with van der Waals surface area (Å²) in [6.07, 6.45) is 0. The third-order valence-electron chi connectivity index (χ3n) is 2.89. The van der Waals surface area contributed by atoms with Crippen LogP contribution in [0.5, 0.6) is 5.88 Å². The van der Waals surface area contributed by atoms with Crippen LogP contribution in [-0.2, 0) is 0 Å². The molecule has 8 heteroatoms. The van der Waals surface area contributed by atoms with E-state index in [1.165, 1.54) is 7.11 Å². The summed E-state index contributed by atoms with van der Waals surface area (Å²) >= 11 is 0. The number of rotatable bonds is 4. The minimum absolute atomic E-state index is 0.128. The fraction of sp³-hybridized carbons (Fsp3) is 0.385. The predicted octanol–water partition coefficient (Wildman–Crippen LogP) is 1.47. The number of hydrogen-bond donors (Lipinski definition) is 3. The molecule has 8 nitrogen and oxygen atoms in total. The second-order valence-electron chi connectivity index (χ2n) is 4.88. The number of nitrogens with one attached hydrogen (secondary N) is 2. The Morgan fingerprint density at radius 3 is 2.71 bits per heavy atom. The van der Waals surface area contributed by atoms with Crippen molar-refractivity contribution in [3.05, 3.63) is 23.1 Å². The summed E-state index contributed by atoms with van der Waals surface area (Å²) in [5, 5.41) is 9.29. The average molecular weight is 290 g/mol. The molecule has 4 N–H and O–H groups in total. The number of nitrogens with zero attached hydrogens (tertiary/aromatic N) is 3. The number of methoxy groups -OCH3 is 1. The SMILES string of the molecule is COc1cc(C)nc(NC(=O)c2n[nH]c(C(C)C)c2N)n1. The fourth-order valence-electron chi connectivity index (χ4n) is 1.84. The van der Waals surface area contributed by atoms with E-state index in [9.17, 15) is 4.79 Å². The molecule has 0 radical (unpaired) electrons. The molecule has 112 valence electrons. The molecule has 2 rings (SSSR count). The largest absolute Gasteiger partial charge is 0.481 e. The highest BCUT2D eigenvalue weighted by Crippen LogP contribution is 2.22. The van der Waals surface area contributed by atoms with Crippen molar-refractivity contribution in [1.29, 1.82) is 0 Å². The number of carbonyl (C=O) groups is 1. The topological polar surface area (TPSA) is 119 Å². The van der Waals surface area contributed by atoms with Crippen LogP contribution in [0.1, 0.15) is 41.6 Å². The Kier molecular flexibility index (Phi) is 4.06. The van der Waals surface area contributed by atoms with Gasteiger partial charge in [0.25, 0.3) is 5.91 Å². The Morgan fingerprint density at radius 1 is 1.43 bits per heavy atom. The Labute approximate surface area is 122 Å². The van der Waals surface area contributed by atoms with Crippen molar-refractivity contribution in [2.45, 2.75) is 26.7 Å². The zero-order valence-electron chi connectivity index (χ0n) is 12.4. The molecule has 0 fully saturated rings. The maximum atomic E-state index is 12.2. The van der Waals surface area contributed by atoms with Gasteiger partial charge in [-0.3, -0.25) is 15.2 Å². The lowest BCUT2D eigenvalue weighted by atomic mass is 10.1. The Balaban J connectivity index is 2.24. The number of aromatic nitrogens is 4. The van der Waals surface area contributed by atoms with Gasteiger partial charge in [0.1, 0.15) is 0 Å². The van der Waals surface area contributed by atoms with Crippen LogP contribution in [0.15, 0.2) is 6.07 Å². The highest BCUT2D eigenvalue weighted by Gasteiger charge is 2.20. The van der Waals surface area contributed by atoms with Crippen LogP contribution in [-0.4, -0.2) is 33.2 Å². The molecule has 0 aromatic carbocycles. The number of hydrogen-bond acceptors (Lipinski definition) is 6. The van der Waals surface area contributed by atoms with E-state index in [1.807, 2.05) is 13.8 Å². The number of aromatic amines is 1. The number of anilines is 2. The van der Waals surface area contributed by atoms with Crippen LogP contribution in [0.25, 0.3) is 0 Å². The monoisotopic (exact) mass is 290 g/mol. The Morgan fingerprint density at radius 2 is 2.14 bits per heavy atom. The molecule has 0 spiro atoms. The molecule has 0 aliphatic rings. The Bertz CT molecular complexity index is 665. The van der Waals surface area contributed by atoms with Crippen molar-refractivity contribution in [2.24, 2.45) is 0 Å². The molecule has 1 amide bonds. The standard InChI is InChI=1S/C13H18N6O2/c1-6(2)10-9(14)11(19-18-10)12(20)17-13-15-7(3)5-8(16-13)21-4/h5-6H,14H2,1-4H3,(H,18,19)(H,15,16,17,20). The third-order valence-corrected chi connectivity index (χ3v) is 2.89. The summed E-state index contributed by atoms with van der Waals surface area (Å²) in [5.74, 6) is 0.193. The van der Waals surface area contributed by atoms with Crippen molar-refractivity contribution in [3.63, 3.8) is 0 Å². The minimum atomic E-state index is -0.469. The second kappa shape index (κ2) is 5.78. The maximum Gasteiger partial charge on any atom is 0.280 e. The van der Waals surface area contributed by atoms with Gasteiger partial charge >= 0.3 is 0 Å². The number of H-pyrrole nitrogens is 1. The predicted molar refractivity (Wildman–Crippen MR) is 78.4 cm³/mol. The van der Waals surface area contributed by atoms with Gasteiger partial charge in [-0.1, -0.05) is 13.8 Å². The van der Waals surface area contributed by atoms with E-state index in [4.69, 9.17) is 10.5 Å². The molecule has 21 heavy (non-hydrogen) atoms. The summed E-state index contributed by atoms with van der Waals surface area (Å²) in [6.45, 7) is 5.69. The van der Waals surface area contributed by atoms with E-state index in [1.54, 1.807) is 13.0 Å². The molecule has 0 aliphatic heterocycles. The number of nitrogens with two attached hydrogens (primary N) is 1. The molecule has 0 unspecified atom stereocenters. The zero-order chi connectivity index (χ0) is 15.6. The van der Waals surface area contributed by atoms with Crippen LogP contribution in [0.2, 0.25) is 0 Å². The molecule has 2 aromatic heterocycles. The van der Waals surface area contributed by atoms with Crippen molar-refractivity contribution in [3.8, 4) is 5.88 Å². The molecular weight excluding hydrogens is 272 g/mol. The van der Waals surface area contributed by atoms with E-state index >= 15 is 0 Å². The number of ether oxygens (including phenoxy) is 1. The molecule has 0 saturated carbocycles. The van der Waals surface area contributed by atoms with Gasteiger partial charge in [-0.15, -0.1) is 0 Å². The number of aryl methyl sites for hydroxylation is 1. The van der Waals surface area contributed by atoms with Crippen molar-refractivity contribution >= 4 is 17.5 Å². The van der Waals surface area contributed by atoms with E-state index in [-0.39, 0.29) is 17.6 Å². The molecular formula is C13H18N6O2. The molecule has 2 heterocycles. The second-order valence-corrected chi connectivity index (χ2v) is 4.88. The van der Waals surface area contributed by atoms with Gasteiger partial charge in [-0.2, -0.15) is 10.1 Å². The van der Waals surface area contributed by atoms with Crippen molar-refractivity contribution in [1.82, 2.24) is 20.2 Å². The van der Waals surface area contributed by atoms with Gasteiger partial charge in [0, 0.05) is 11.8 Å². The van der Waals surface area contributed by atoms with Crippen LogP contribution in [0.3, 0.4) is 0 Å². The lowest BCUT2D eigenvalue weighted by Crippen LogP contribution is -2.16. The molecule has 2 aromatic rings. The first-order chi connectivity index (χ1) is 9.92. The first-order valence-corrected chi connectivity index (χ1v) is 6.47. The van der Waals surface area contributed by atoms with E-state index in [2.05, 4.69) is 25.5 Å². The van der Waals surface area contributed by atoms with Crippen LogP contribution in [0.4, 0.5) is 11.6 Å². The van der Waals surface area contributed by atoms with Crippen LogP contribution >= 0.6 is 0 Å². The fourth-order valence-corrected chi connectivity index (χ4v) is 1.84. The average Bonchev–Trinajstić information content (AvgIpc) is 2.80. The molecule has 0 aliphatic carbocycles. The summed E-state index contributed by atoms with van der Waals surface area (Å²) in [7, 11) is 1.49. The number of nitrogen functional groups attached to an aromatic ring is 1. The third kappa shape index (κ3) is 3.10. The first-order valence-electron chi connectivity index (χ1n) is 6.47. The van der Waals surface area contributed by atoms with Gasteiger partial charge in [0.2, 0.25) is 11.8 Å². The highest BCUT2D eigenvalue weighted by molar-refractivity contribution is 6.05. The van der Waals surface area contributed by atoms with Gasteiger partial charge in [0.15, 0.2) is 5.69 Å². The van der Waals surface area contributed by atoms with E-state index in [0.29, 0.717) is 17.3 Å². The summed E-state index contributed by atoms with van der Waals surface area (Å²) < 4.78 is 5.03. The first kappa shape index (κ1) is 14.8. The molecule has 0 saturated heterocycles. The lowest BCUT2D eigenvalue weighted by Gasteiger charge is -2.06. The quantitative estimate of drug-likeness (QED) is 0.784. The van der Waals surface area contributed by atoms with Crippen LogP contribution < -0.4 is 15.8 Å². The summed E-state index contributed by atoms with van der Waals surface area (Å²) in [5.41, 5.74) is 7.79. The van der Waals surface area contributed by atoms with E-state index in [0.717, 1.165) is 5.69 Å². The zero-order valence-corrected chi connectivity index (χ0v) is 12.4. The number of amides is 1. The highest BCUT2D eigenvalue weighted by atomic mass is 16.5. The van der Waals surface area contributed by atoms with E-state index < -0.39 is 5.91 Å². The Hall–Kier alpha value is -2.64. The van der Waals surface area contributed by atoms with Crippen molar-refractivity contribution < 1.29 is 9.53 Å². The van der Waals surface area contributed by atoms with Crippen LogP contribution in [0, 0.1) is 6.92 Å². The van der Waals surface area contributed by atoms with Gasteiger partial charge in [0.05, 0.1) is 18.5 Å². The summed E-state index contributed by atoms with van der Waals surface area (Å²) in [6, 6.07) is 1.66. The number of carbonyl (C=O) groups excluding carboxylic acids is 1. The maximum absolute atomic E-state index is 12.2. The molecule has 0 bridgehead atoms. The molecule has 0 atom stereocenters. The summed E-state index contributed by atoms with van der Waals surface area (Å²) in [4.78, 5) is 20.3. The minimum Gasteiger partial charge on any atom is -0.481 e.